The molecular weight excluding hydrogens is 869 g/mol. The highest BCUT2D eigenvalue weighted by atomic mass is 32.1. The monoisotopic (exact) mass is 900 g/mol. The van der Waals surface area contributed by atoms with Crippen molar-refractivity contribution < 1.29 is 0 Å². The van der Waals surface area contributed by atoms with Crippen LogP contribution >= 0.6 is 22.7 Å². The fraction of sp³-hybridized carbons (Fsp3) is 0. The molecule has 0 amide bonds. The summed E-state index contributed by atoms with van der Waals surface area (Å²) in [6.07, 6.45) is 0. The molecular formula is C60H32N6S2. The van der Waals surface area contributed by atoms with Crippen LogP contribution in [0.25, 0.3) is 135 Å². The Balaban J connectivity index is 0.939. The molecule has 9 aromatic carbocycles. The van der Waals surface area contributed by atoms with Crippen molar-refractivity contribution in [1.29, 1.82) is 10.5 Å². The first kappa shape index (κ1) is 38.4. The number of hydrogen-bond donors (Lipinski definition) is 1. The maximum Gasteiger partial charge on any atom is 0.160 e. The number of para-hydroxylation sites is 2. The summed E-state index contributed by atoms with van der Waals surface area (Å²) in [5, 5.41) is 31.6. The fourth-order valence-electron chi connectivity index (χ4n) is 10.4. The third-order valence-electron chi connectivity index (χ3n) is 13.4. The third kappa shape index (κ3) is 5.60. The van der Waals surface area contributed by atoms with Crippen LogP contribution < -0.4 is 0 Å². The molecule has 14 rings (SSSR count). The lowest BCUT2D eigenvalue weighted by Gasteiger charge is -2.15. The Hall–Kier alpha value is -8.92. The molecule has 0 bridgehead atoms. The van der Waals surface area contributed by atoms with Gasteiger partial charge in [-0.2, -0.15) is 10.5 Å². The smallest absolute Gasteiger partial charge is 0.160 e. The van der Waals surface area contributed by atoms with E-state index < -0.39 is 0 Å². The predicted octanol–water partition coefficient (Wildman–Crippen LogP) is 16.4. The second-order valence-electron chi connectivity index (χ2n) is 17.1. The van der Waals surface area contributed by atoms with E-state index in [9.17, 15) is 10.5 Å². The van der Waals surface area contributed by atoms with Gasteiger partial charge in [0.15, 0.2) is 5.82 Å². The van der Waals surface area contributed by atoms with Crippen molar-refractivity contribution in [1.82, 2.24) is 19.5 Å². The number of nitrogens with zero attached hydrogens (tertiary/aromatic N) is 5. The van der Waals surface area contributed by atoms with Crippen molar-refractivity contribution in [3.8, 4) is 62.9 Å². The van der Waals surface area contributed by atoms with Gasteiger partial charge in [0.2, 0.25) is 0 Å². The topological polar surface area (TPSA) is 94.1 Å². The number of H-pyrrole nitrogens is 1. The summed E-state index contributed by atoms with van der Waals surface area (Å²) in [6, 6.07) is 69.9. The van der Waals surface area contributed by atoms with E-state index >= 15 is 0 Å². The summed E-state index contributed by atoms with van der Waals surface area (Å²) in [4.78, 5) is 14.0. The lowest BCUT2D eigenvalue weighted by atomic mass is 9.97. The number of aromatic nitrogens is 4. The average molecular weight is 901 g/mol. The lowest BCUT2D eigenvalue weighted by Crippen LogP contribution is -2.02. The number of fused-ring (bicyclic) bond motifs is 14. The SMILES string of the molecule is N#Cc1cc(-c2nc(-c3cccc(-c4cccc5c4sc4c5ccc5[nH]c6ccccc6c54)c3)nc(-c3ccccc3)c2C#N)ccc1-n1c2ccccc2c2c3sc4ccccc4c3ccc21. The molecule has 68 heavy (non-hydrogen) atoms. The van der Waals surface area contributed by atoms with Crippen LogP contribution in [0.15, 0.2) is 188 Å². The zero-order valence-corrected chi connectivity index (χ0v) is 37.6. The first-order valence-electron chi connectivity index (χ1n) is 22.3. The Bertz CT molecular complexity index is 4540. The van der Waals surface area contributed by atoms with Gasteiger partial charge in [0.05, 0.1) is 33.7 Å². The van der Waals surface area contributed by atoms with Gasteiger partial charge >= 0.3 is 0 Å². The molecule has 0 unspecified atom stereocenters. The summed E-state index contributed by atoms with van der Waals surface area (Å²) in [5.74, 6) is 0.487. The van der Waals surface area contributed by atoms with Gasteiger partial charge in [-0.05, 0) is 59.7 Å². The standard InChI is InChI=1S/C60H32N6S2/c61-32-38-31-36(24-28-49(38)66-50-22-8-5-18-45(50)54-51(66)29-26-42-40-16-6-9-23-52(40)67-59(42)54)56-46(33-62)55(34-12-2-1-3-13-34)64-60(65-56)37-15-10-14-35(30-37)39-19-11-20-41-43-25-27-48-53(58(43)68-57(39)41)44-17-4-7-21-47(44)63-48/h1-31,63H. The first-order valence-corrected chi connectivity index (χ1v) is 24.0. The normalized spacial score (nSPS) is 11.8. The van der Waals surface area contributed by atoms with Crippen LogP contribution in [0.5, 0.6) is 0 Å². The van der Waals surface area contributed by atoms with Crippen LogP contribution in [0.2, 0.25) is 0 Å². The van der Waals surface area contributed by atoms with E-state index in [4.69, 9.17) is 9.97 Å². The zero-order valence-electron chi connectivity index (χ0n) is 36.0. The first-order chi connectivity index (χ1) is 33.6. The molecule has 0 aliphatic heterocycles. The van der Waals surface area contributed by atoms with E-state index in [0.717, 1.165) is 55.4 Å². The average Bonchev–Trinajstić information content (AvgIpc) is 4.17. The molecule has 0 atom stereocenters. The predicted molar refractivity (Wildman–Crippen MR) is 283 cm³/mol. The highest BCUT2D eigenvalue weighted by Crippen LogP contribution is 2.46. The molecule has 0 aliphatic carbocycles. The Labute approximate surface area is 396 Å². The van der Waals surface area contributed by atoms with E-state index in [-0.39, 0.29) is 0 Å². The van der Waals surface area contributed by atoms with Crippen LogP contribution in [-0.4, -0.2) is 19.5 Å². The van der Waals surface area contributed by atoms with Crippen LogP contribution in [0, 0.1) is 22.7 Å². The maximum atomic E-state index is 11.0. The summed E-state index contributed by atoms with van der Waals surface area (Å²) < 4.78 is 7.15. The van der Waals surface area contributed by atoms with Crippen LogP contribution in [0.1, 0.15) is 11.1 Å². The Morgan fingerprint density at radius 1 is 0.441 bits per heavy atom. The van der Waals surface area contributed by atoms with Crippen molar-refractivity contribution in [3.63, 3.8) is 0 Å². The van der Waals surface area contributed by atoms with Gasteiger partial charge < -0.3 is 9.55 Å². The fourth-order valence-corrected chi connectivity index (χ4v) is 13.1. The largest absolute Gasteiger partial charge is 0.354 e. The summed E-state index contributed by atoms with van der Waals surface area (Å²) in [6.45, 7) is 0. The van der Waals surface area contributed by atoms with E-state index in [1.165, 1.54) is 56.5 Å². The Kier molecular flexibility index (Phi) is 8.35. The number of benzene rings is 9. The van der Waals surface area contributed by atoms with Gasteiger partial charge in [-0.25, -0.2) is 9.97 Å². The number of aromatic amines is 1. The second-order valence-corrected chi connectivity index (χ2v) is 19.2. The highest BCUT2D eigenvalue weighted by Gasteiger charge is 2.23. The van der Waals surface area contributed by atoms with Gasteiger partial charge in [-0.15, -0.1) is 22.7 Å². The molecule has 5 aromatic heterocycles. The summed E-state index contributed by atoms with van der Waals surface area (Å²) in [7, 11) is 0. The van der Waals surface area contributed by atoms with Crippen LogP contribution in [0.3, 0.4) is 0 Å². The maximum absolute atomic E-state index is 11.0. The molecule has 314 valence electrons. The van der Waals surface area contributed by atoms with Crippen LogP contribution in [-0.2, 0) is 0 Å². The van der Waals surface area contributed by atoms with Crippen LogP contribution in [0.4, 0.5) is 0 Å². The van der Waals surface area contributed by atoms with Crippen molar-refractivity contribution >= 4 is 107 Å². The molecule has 0 saturated carbocycles. The highest BCUT2D eigenvalue weighted by molar-refractivity contribution is 7.27. The third-order valence-corrected chi connectivity index (χ3v) is 15.9. The van der Waals surface area contributed by atoms with Gasteiger partial charge in [0, 0.05) is 89.6 Å². The molecule has 6 nitrogen and oxygen atoms in total. The minimum atomic E-state index is 0.343. The number of nitriles is 2. The molecule has 0 fully saturated rings. The minimum absolute atomic E-state index is 0.343. The van der Waals surface area contributed by atoms with Crippen molar-refractivity contribution in [3.05, 3.63) is 199 Å². The molecule has 14 aromatic rings. The molecule has 0 saturated heterocycles. The van der Waals surface area contributed by atoms with Gasteiger partial charge in [0.25, 0.3) is 0 Å². The number of hydrogen-bond acceptors (Lipinski definition) is 6. The second kappa shape index (κ2) is 14.8. The Morgan fingerprint density at radius 2 is 1.12 bits per heavy atom. The summed E-state index contributed by atoms with van der Waals surface area (Å²) in [5.41, 5.74) is 11.3. The minimum Gasteiger partial charge on any atom is -0.354 e. The lowest BCUT2D eigenvalue weighted by molar-refractivity contribution is 1.15. The van der Waals surface area contributed by atoms with Gasteiger partial charge in [-0.3, -0.25) is 0 Å². The van der Waals surface area contributed by atoms with Crippen molar-refractivity contribution in [2.75, 3.05) is 0 Å². The van der Waals surface area contributed by atoms with Gasteiger partial charge in [-0.1, -0.05) is 140 Å². The molecule has 0 radical (unpaired) electrons. The Morgan fingerprint density at radius 3 is 1.99 bits per heavy atom. The van der Waals surface area contributed by atoms with Gasteiger partial charge in [0.1, 0.15) is 17.7 Å². The van der Waals surface area contributed by atoms with E-state index in [0.29, 0.717) is 33.9 Å². The van der Waals surface area contributed by atoms with E-state index in [1.54, 1.807) is 11.3 Å². The summed E-state index contributed by atoms with van der Waals surface area (Å²) >= 11 is 3.63. The van der Waals surface area contributed by atoms with E-state index in [2.05, 4.69) is 149 Å². The molecule has 0 spiro atoms. The molecule has 0 aliphatic rings. The number of thiophene rings is 2. The van der Waals surface area contributed by atoms with Crippen molar-refractivity contribution in [2.45, 2.75) is 0 Å². The van der Waals surface area contributed by atoms with E-state index in [1.807, 2.05) is 72.0 Å². The quantitative estimate of drug-likeness (QED) is 0.186. The molecule has 5 heterocycles. The molecule has 8 heteroatoms. The number of rotatable bonds is 5. The zero-order chi connectivity index (χ0) is 45.0. The van der Waals surface area contributed by atoms with Crippen molar-refractivity contribution in [2.24, 2.45) is 0 Å². The number of nitrogens with one attached hydrogen (secondary N) is 1. The molecule has 1 N–H and O–H groups in total.